The number of nitrogens with zero attached hydrogens (tertiary/aromatic N) is 1. The first-order chi connectivity index (χ1) is 7.60. The molecule has 4 heteroatoms. The fraction of sp³-hybridized carbons (Fsp3) is 0.833. The maximum Gasteiger partial charge on any atom is 0.306 e. The van der Waals surface area contributed by atoms with Crippen LogP contribution in [0.15, 0.2) is 0 Å². The van der Waals surface area contributed by atoms with E-state index in [1.165, 1.54) is 0 Å². The summed E-state index contributed by atoms with van der Waals surface area (Å²) in [7, 11) is 0. The number of rotatable bonds is 5. The van der Waals surface area contributed by atoms with E-state index >= 15 is 0 Å². The summed E-state index contributed by atoms with van der Waals surface area (Å²) in [5.74, 6) is -0.983. The number of carbonyl (C=O) groups excluding carboxylic acids is 1. The summed E-state index contributed by atoms with van der Waals surface area (Å²) < 4.78 is 0. The molecule has 1 aliphatic rings. The van der Waals surface area contributed by atoms with Crippen molar-refractivity contribution in [2.24, 2.45) is 11.8 Å². The van der Waals surface area contributed by atoms with E-state index in [1.54, 1.807) is 0 Å². The maximum atomic E-state index is 12.1. The molecule has 2 atom stereocenters. The van der Waals surface area contributed by atoms with Crippen molar-refractivity contribution in [1.29, 1.82) is 0 Å². The van der Waals surface area contributed by atoms with Gasteiger partial charge in [-0.05, 0) is 32.6 Å². The lowest BCUT2D eigenvalue weighted by Gasteiger charge is -2.23. The van der Waals surface area contributed by atoms with Crippen LogP contribution < -0.4 is 0 Å². The van der Waals surface area contributed by atoms with Crippen molar-refractivity contribution >= 4 is 11.9 Å². The predicted molar refractivity (Wildman–Crippen MR) is 61.0 cm³/mol. The van der Waals surface area contributed by atoms with E-state index in [2.05, 4.69) is 0 Å². The molecule has 16 heavy (non-hydrogen) atoms. The van der Waals surface area contributed by atoms with Crippen molar-refractivity contribution in [3.05, 3.63) is 0 Å². The van der Waals surface area contributed by atoms with Gasteiger partial charge >= 0.3 is 5.97 Å². The fourth-order valence-electron chi connectivity index (χ4n) is 2.38. The van der Waals surface area contributed by atoms with Crippen LogP contribution in [0.4, 0.5) is 0 Å². The Morgan fingerprint density at radius 1 is 1.25 bits per heavy atom. The molecule has 92 valence electrons. The molecule has 0 aromatic rings. The van der Waals surface area contributed by atoms with Gasteiger partial charge in [0.25, 0.3) is 0 Å². The summed E-state index contributed by atoms with van der Waals surface area (Å²) in [4.78, 5) is 24.7. The van der Waals surface area contributed by atoms with Gasteiger partial charge in [0.1, 0.15) is 0 Å². The molecule has 1 saturated carbocycles. The molecule has 1 amide bonds. The number of carboxylic acid groups (broad SMARTS) is 1. The molecular formula is C12H21NO3. The third kappa shape index (κ3) is 2.97. The highest BCUT2D eigenvalue weighted by Gasteiger charge is 2.35. The van der Waals surface area contributed by atoms with E-state index < -0.39 is 5.97 Å². The lowest BCUT2D eigenvalue weighted by atomic mass is 10.0. The van der Waals surface area contributed by atoms with Gasteiger partial charge in [-0.3, -0.25) is 9.59 Å². The van der Waals surface area contributed by atoms with Crippen molar-refractivity contribution in [3.63, 3.8) is 0 Å². The van der Waals surface area contributed by atoms with Gasteiger partial charge in [0.05, 0.1) is 5.92 Å². The number of amides is 1. The molecule has 0 saturated heterocycles. The number of aliphatic carboxylic acids is 1. The van der Waals surface area contributed by atoms with Crippen molar-refractivity contribution in [2.45, 2.75) is 39.5 Å². The molecule has 1 fully saturated rings. The Morgan fingerprint density at radius 3 is 2.31 bits per heavy atom. The van der Waals surface area contributed by atoms with Gasteiger partial charge < -0.3 is 10.0 Å². The van der Waals surface area contributed by atoms with Crippen LogP contribution in [0.25, 0.3) is 0 Å². The zero-order chi connectivity index (χ0) is 12.1. The Balaban J connectivity index is 2.52. The molecule has 0 heterocycles. The van der Waals surface area contributed by atoms with Gasteiger partial charge in [0.2, 0.25) is 5.91 Å². The molecule has 0 spiro atoms. The van der Waals surface area contributed by atoms with Gasteiger partial charge in [0.15, 0.2) is 0 Å². The monoisotopic (exact) mass is 227 g/mol. The van der Waals surface area contributed by atoms with Gasteiger partial charge in [-0.1, -0.05) is 6.92 Å². The third-order valence-corrected chi connectivity index (χ3v) is 3.32. The molecule has 1 N–H and O–H groups in total. The average molecular weight is 227 g/mol. The average Bonchev–Trinajstić information content (AvgIpc) is 2.74. The second-order valence-electron chi connectivity index (χ2n) is 4.46. The molecule has 0 aliphatic heterocycles. The molecule has 1 aliphatic carbocycles. The number of hydrogen-bond donors (Lipinski definition) is 1. The Hall–Kier alpha value is -1.06. The predicted octanol–water partition coefficient (Wildman–Crippen LogP) is 1.75. The highest BCUT2D eigenvalue weighted by atomic mass is 16.4. The highest BCUT2D eigenvalue weighted by Crippen LogP contribution is 2.32. The third-order valence-electron chi connectivity index (χ3n) is 3.32. The Bertz CT molecular complexity index is 265. The molecular weight excluding hydrogens is 206 g/mol. The number of carboxylic acids is 1. The van der Waals surface area contributed by atoms with Crippen LogP contribution in [-0.4, -0.2) is 35.0 Å². The maximum absolute atomic E-state index is 12.1. The van der Waals surface area contributed by atoms with Crippen molar-refractivity contribution in [2.75, 3.05) is 13.1 Å². The van der Waals surface area contributed by atoms with Crippen LogP contribution in [0.1, 0.15) is 39.5 Å². The molecule has 0 bridgehead atoms. The van der Waals surface area contributed by atoms with Crippen LogP contribution in [-0.2, 0) is 9.59 Å². The minimum Gasteiger partial charge on any atom is -0.481 e. The lowest BCUT2D eigenvalue weighted by Crippen LogP contribution is -2.36. The van der Waals surface area contributed by atoms with Crippen molar-refractivity contribution in [3.8, 4) is 0 Å². The van der Waals surface area contributed by atoms with E-state index in [0.29, 0.717) is 12.8 Å². The number of carbonyl (C=O) groups is 2. The van der Waals surface area contributed by atoms with Crippen LogP contribution in [0.5, 0.6) is 0 Å². The van der Waals surface area contributed by atoms with Crippen LogP contribution >= 0.6 is 0 Å². The first-order valence-electron chi connectivity index (χ1n) is 6.11. The molecule has 0 aromatic heterocycles. The summed E-state index contributed by atoms with van der Waals surface area (Å²) >= 11 is 0. The van der Waals surface area contributed by atoms with Crippen molar-refractivity contribution < 1.29 is 14.7 Å². The highest BCUT2D eigenvalue weighted by molar-refractivity contribution is 5.81. The van der Waals surface area contributed by atoms with Crippen molar-refractivity contribution in [1.82, 2.24) is 4.90 Å². The standard InChI is InChI=1S/C12H21NO3/c1-3-7-13(4-2)11(14)9-5-6-10(8-9)12(15)16/h9-10H,3-8H2,1-2H3,(H,15,16). The van der Waals surface area contributed by atoms with E-state index in [0.717, 1.165) is 25.9 Å². The fourth-order valence-corrected chi connectivity index (χ4v) is 2.38. The molecule has 4 nitrogen and oxygen atoms in total. The molecule has 2 unspecified atom stereocenters. The van der Waals surface area contributed by atoms with E-state index in [1.807, 2.05) is 18.7 Å². The largest absolute Gasteiger partial charge is 0.481 e. The quantitative estimate of drug-likeness (QED) is 0.778. The van der Waals surface area contributed by atoms with Gasteiger partial charge in [-0.2, -0.15) is 0 Å². The van der Waals surface area contributed by atoms with Crippen LogP contribution in [0.3, 0.4) is 0 Å². The minimum atomic E-state index is -0.756. The first-order valence-corrected chi connectivity index (χ1v) is 6.11. The normalized spacial score (nSPS) is 24.4. The van der Waals surface area contributed by atoms with Gasteiger partial charge in [-0.25, -0.2) is 0 Å². The van der Waals surface area contributed by atoms with Gasteiger partial charge in [-0.15, -0.1) is 0 Å². The molecule has 0 radical (unpaired) electrons. The lowest BCUT2D eigenvalue weighted by molar-refractivity contribution is -0.141. The molecule has 0 aromatic carbocycles. The van der Waals surface area contributed by atoms with Gasteiger partial charge in [0, 0.05) is 19.0 Å². The zero-order valence-electron chi connectivity index (χ0n) is 10.1. The van der Waals surface area contributed by atoms with E-state index in [-0.39, 0.29) is 17.7 Å². The zero-order valence-corrected chi connectivity index (χ0v) is 10.1. The van der Waals surface area contributed by atoms with E-state index in [4.69, 9.17) is 5.11 Å². The summed E-state index contributed by atoms with van der Waals surface area (Å²) in [5.41, 5.74) is 0. The topological polar surface area (TPSA) is 57.6 Å². The second kappa shape index (κ2) is 5.87. The number of hydrogen-bond acceptors (Lipinski definition) is 2. The summed E-state index contributed by atoms with van der Waals surface area (Å²) in [6, 6.07) is 0. The smallest absolute Gasteiger partial charge is 0.306 e. The van der Waals surface area contributed by atoms with E-state index in [9.17, 15) is 9.59 Å². The minimum absolute atomic E-state index is 0.0624. The molecule has 1 rings (SSSR count). The second-order valence-corrected chi connectivity index (χ2v) is 4.46. The first kappa shape index (κ1) is 13.0. The Labute approximate surface area is 96.6 Å². The summed E-state index contributed by atoms with van der Waals surface area (Å²) in [5, 5.41) is 8.89. The Morgan fingerprint density at radius 2 is 1.88 bits per heavy atom. The summed E-state index contributed by atoms with van der Waals surface area (Å²) in [6.07, 6.45) is 2.86. The van der Waals surface area contributed by atoms with Crippen LogP contribution in [0, 0.1) is 11.8 Å². The van der Waals surface area contributed by atoms with Crippen LogP contribution in [0.2, 0.25) is 0 Å². The summed E-state index contributed by atoms with van der Waals surface area (Å²) in [6.45, 7) is 5.52. The SMILES string of the molecule is CCCN(CC)C(=O)C1CCC(C(=O)O)C1. The Kier molecular flexibility index (Phi) is 4.77.